The number of hydrogen-bond acceptors (Lipinski definition) is 10. The van der Waals surface area contributed by atoms with Gasteiger partial charge in [0.2, 0.25) is 5.91 Å². The Hall–Kier alpha value is -0.900. The molecule has 0 spiro atoms. The zero-order valence-corrected chi connectivity index (χ0v) is 37.7. The molecule has 0 saturated carbocycles. The molecule has 346 valence electrons. The minimum absolute atomic E-state index is 0.226. The summed E-state index contributed by atoms with van der Waals surface area (Å²) < 4.78 is 47.6. The van der Waals surface area contributed by atoms with Gasteiger partial charge >= 0.3 is 10.4 Å². The van der Waals surface area contributed by atoms with Gasteiger partial charge in [-0.15, -0.1) is 0 Å². The molecule has 1 amide bonds. The number of nitrogens with one attached hydrogen (secondary N) is 1. The lowest BCUT2D eigenvalue weighted by Crippen LogP contribution is -2.61. The Labute approximate surface area is 354 Å². The highest BCUT2D eigenvalue weighted by Crippen LogP contribution is 2.26. The van der Waals surface area contributed by atoms with E-state index in [1.807, 2.05) is 0 Å². The van der Waals surface area contributed by atoms with Crippen molar-refractivity contribution in [2.24, 2.45) is 0 Å². The first-order valence-corrected chi connectivity index (χ1v) is 25.3. The van der Waals surface area contributed by atoms with Gasteiger partial charge in [0.15, 0.2) is 6.29 Å². The first-order valence-electron chi connectivity index (χ1n) is 23.9. The van der Waals surface area contributed by atoms with Crippen LogP contribution in [0.25, 0.3) is 0 Å². The van der Waals surface area contributed by atoms with Crippen LogP contribution >= 0.6 is 0 Å². The first-order chi connectivity index (χ1) is 28.0. The van der Waals surface area contributed by atoms with E-state index in [1.54, 1.807) is 0 Å². The Bertz CT molecular complexity index is 1050. The Kier molecular flexibility index (Phi) is 34.9. The van der Waals surface area contributed by atoms with E-state index in [4.69, 9.17) is 9.47 Å². The first kappa shape index (κ1) is 55.1. The smallest absolute Gasteiger partial charge is 0.394 e. The van der Waals surface area contributed by atoms with Crippen LogP contribution in [0, 0.1) is 0 Å². The van der Waals surface area contributed by atoms with Crippen molar-refractivity contribution in [3.05, 3.63) is 0 Å². The van der Waals surface area contributed by atoms with Gasteiger partial charge in [0.25, 0.3) is 0 Å². The predicted octanol–water partition coefficient (Wildman–Crippen LogP) is 9.39. The molecule has 12 nitrogen and oxygen atoms in total. The minimum atomic E-state index is -5.07. The highest BCUT2D eigenvalue weighted by molar-refractivity contribution is 7.80. The Morgan fingerprint density at radius 3 is 1.38 bits per heavy atom. The average Bonchev–Trinajstić information content (AvgIpc) is 3.19. The Balaban J connectivity index is 2.45. The largest absolute Gasteiger partial charge is 0.397 e. The minimum Gasteiger partial charge on any atom is -0.394 e. The van der Waals surface area contributed by atoms with Crippen molar-refractivity contribution in [1.82, 2.24) is 5.32 Å². The summed E-state index contributed by atoms with van der Waals surface area (Å²) in [7, 11) is -5.07. The van der Waals surface area contributed by atoms with Crippen LogP contribution in [0.4, 0.5) is 0 Å². The monoisotopic (exact) mass is 852 g/mol. The third-order valence-corrected chi connectivity index (χ3v) is 12.1. The van der Waals surface area contributed by atoms with Gasteiger partial charge in [-0.05, 0) is 12.8 Å². The maximum Gasteiger partial charge on any atom is 0.397 e. The SMILES string of the molecule is CCCCCCCCCCCCCCCCCCCCC(=O)NC(COC1OC(CO)C(O)C(OS(=O)(=O)O)C1O)C(O)CCCCCCCCCCCCCCC. The van der Waals surface area contributed by atoms with Gasteiger partial charge in [-0.3, -0.25) is 9.35 Å². The Morgan fingerprint density at radius 2 is 1.00 bits per heavy atom. The van der Waals surface area contributed by atoms with Gasteiger partial charge in [-0.2, -0.15) is 8.42 Å². The van der Waals surface area contributed by atoms with Crippen LogP contribution in [-0.2, 0) is 28.9 Å². The number of carbonyl (C=O) groups excluding carboxylic acids is 1. The lowest BCUT2D eigenvalue weighted by Gasteiger charge is -2.41. The van der Waals surface area contributed by atoms with E-state index in [0.717, 1.165) is 51.4 Å². The molecule has 58 heavy (non-hydrogen) atoms. The normalized spacial score (nSPS) is 21.0. The molecule has 7 atom stereocenters. The summed E-state index contributed by atoms with van der Waals surface area (Å²) in [6, 6.07) is -0.850. The molecule has 1 saturated heterocycles. The molecule has 1 rings (SSSR count). The second kappa shape index (κ2) is 36.7. The van der Waals surface area contributed by atoms with E-state index in [0.29, 0.717) is 12.8 Å². The Morgan fingerprint density at radius 1 is 0.621 bits per heavy atom. The number of unbranched alkanes of at least 4 members (excludes halogenated alkanes) is 29. The van der Waals surface area contributed by atoms with Crippen molar-refractivity contribution >= 4 is 16.3 Å². The second-order valence-corrected chi connectivity index (χ2v) is 18.1. The summed E-state index contributed by atoms with van der Waals surface area (Å²) in [5, 5.41) is 44.8. The van der Waals surface area contributed by atoms with Crippen LogP contribution in [0.1, 0.15) is 226 Å². The number of aliphatic hydroxyl groups excluding tert-OH is 4. The van der Waals surface area contributed by atoms with E-state index in [9.17, 15) is 38.2 Å². The third kappa shape index (κ3) is 29.4. The molecular formula is C45H89NO11S. The number of carbonyl (C=O) groups is 1. The number of ether oxygens (including phenoxy) is 2. The molecule has 1 aliphatic rings. The summed E-state index contributed by atoms with van der Waals surface area (Å²) in [6.45, 7) is 3.46. The highest BCUT2D eigenvalue weighted by atomic mass is 32.3. The lowest BCUT2D eigenvalue weighted by molar-refractivity contribution is -0.298. The predicted molar refractivity (Wildman–Crippen MR) is 232 cm³/mol. The van der Waals surface area contributed by atoms with Crippen molar-refractivity contribution < 1.29 is 51.8 Å². The molecule has 0 bridgehead atoms. The standard InChI is InChI=1S/C45H89NO11S/c1-3-5-7-9-11-13-15-17-18-19-20-21-23-25-27-29-31-33-35-41(49)46-38(39(48)34-32-30-28-26-24-22-16-14-12-10-8-6-4-2)37-55-45-43(51)44(57-58(52,53)54)42(50)40(36-47)56-45/h38-40,42-45,47-48,50-51H,3-37H2,1-2H3,(H,46,49)(H,52,53,54). The van der Waals surface area contributed by atoms with Crippen molar-refractivity contribution in [1.29, 1.82) is 0 Å². The van der Waals surface area contributed by atoms with Crippen LogP contribution in [0.15, 0.2) is 0 Å². The van der Waals surface area contributed by atoms with Gasteiger partial charge in [0.05, 0.1) is 25.4 Å². The summed E-state index contributed by atoms with van der Waals surface area (Å²) in [4.78, 5) is 13.0. The van der Waals surface area contributed by atoms with E-state index in [1.165, 1.54) is 148 Å². The van der Waals surface area contributed by atoms with Crippen molar-refractivity contribution in [2.45, 2.75) is 269 Å². The highest BCUT2D eigenvalue weighted by Gasteiger charge is 2.48. The maximum absolute atomic E-state index is 13.0. The van der Waals surface area contributed by atoms with E-state index >= 15 is 0 Å². The summed E-state index contributed by atoms with van der Waals surface area (Å²) in [6.07, 6.45) is 29.6. The molecule has 1 fully saturated rings. The van der Waals surface area contributed by atoms with Gasteiger partial charge in [0.1, 0.15) is 24.4 Å². The van der Waals surface area contributed by atoms with Crippen LogP contribution < -0.4 is 5.32 Å². The molecule has 0 aromatic rings. The molecule has 6 N–H and O–H groups in total. The van der Waals surface area contributed by atoms with Crippen LogP contribution in [0.5, 0.6) is 0 Å². The number of amides is 1. The fraction of sp³-hybridized carbons (Fsp3) is 0.978. The van der Waals surface area contributed by atoms with Gasteiger partial charge in [-0.1, -0.05) is 206 Å². The number of rotatable bonds is 41. The fourth-order valence-corrected chi connectivity index (χ4v) is 8.44. The molecule has 7 unspecified atom stereocenters. The van der Waals surface area contributed by atoms with E-state index in [2.05, 4.69) is 23.3 Å². The zero-order chi connectivity index (χ0) is 42.7. The lowest BCUT2D eigenvalue weighted by atomic mass is 9.99. The summed E-state index contributed by atoms with van der Waals surface area (Å²) in [5.74, 6) is -0.226. The molecule has 13 heteroatoms. The molecular weight excluding hydrogens is 763 g/mol. The zero-order valence-electron chi connectivity index (χ0n) is 36.9. The maximum atomic E-state index is 13.0. The second-order valence-electron chi connectivity index (χ2n) is 17.1. The number of aliphatic hydroxyl groups is 4. The average molecular weight is 852 g/mol. The van der Waals surface area contributed by atoms with Crippen LogP contribution in [0.2, 0.25) is 0 Å². The van der Waals surface area contributed by atoms with Crippen molar-refractivity contribution in [2.75, 3.05) is 13.2 Å². The molecule has 0 aromatic carbocycles. The van der Waals surface area contributed by atoms with Gasteiger partial charge in [-0.25, -0.2) is 4.18 Å². The fourth-order valence-electron chi connectivity index (χ4n) is 7.93. The summed E-state index contributed by atoms with van der Waals surface area (Å²) >= 11 is 0. The topological polar surface area (TPSA) is 192 Å². The molecule has 1 aliphatic heterocycles. The van der Waals surface area contributed by atoms with Crippen LogP contribution in [-0.4, -0.2) is 95.4 Å². The molecule has 0 aliphatic carbocycles. The number of hydrogen-bond donors (Lipinski definition) is 6. The molecule has 1 heterocycles. The van der Waals surface area contributed by atoms with Gasteiger partial charge < -0.3 is 35.2 Å². The quantitative estimate of drug-likeness (QED) is 0.0254. The molecule has 0 aromatic heterocycles. The van der Waals surface area contributed by atoms with Crippen molar-refractivity contribution in [3.8, 4) is 0 Å². The van der Waals surface area contributed by atoms with E-state index in [-0.39, 0.29) is 12.5 Å². The van der Waals surface area contributed by atoms with Crippen LogP contribution in [0.3, 0.4) is 0 Å². The third-order valence-electron chi connectivity index (χ3n) is 11.7. The summed E-state index contributed by atoms with van der Waals surface area (Å²) in [5.41, 5.74) is 0. The molecule has 0 radical (unpaired) electrons. The van der Waals surface area contributed by atoms with Gasteiger partial charge in [0, 0.05) is 6.42 Å². The van der Waals surface area contributed by atoms with Crippen molar-refractivity contribution in [3.63, 3.8) is 0 Å². The van der Waals surface area contributed by atoms with E-state index < -0.39 is 59.9 Å².